The number of amides is 3. The third kappa shape index (κ3) is 4.41. The van der Waals surface area contributed by atoms with E-state index in [0.29, 0.717) is 32.1 Å². The molecular weight excluding hydrogens is 521 g/mol. The lowest BCUT2D eigenvalue weighted by Gasteiger charge is -2.29. The molecule has 0 aromatic carbocycles. The number of nitrogens with one attached hydrogen (secondary N) is 2. The van der Waals surface area contributed by atoms with Crippen molar-refractivity contribution in [2.24, 2.45) is 34.1 Å². The first-order chi connectivity index (χ1) is 14.9. The molecule has 8 nitrogen and oxygen atoms in total. The molecule has 0 spiro atoms. The quantitative estimate of drug-likeness (QED) is 0.163. The number of fused-ring (bicyclic) bond motifs is 5. The number of carbonyl (C=O) groups is 3. The molecule has 3 aliphatic carbocycles. The Balaban J connectivity index is 0.00000289. The maximum atomic E-state index is 12.8. The maximum absolute atomic E-state index is 12.8. The Kier molecular flexibility index (Phi) is 7.88. The van der Waals surface area contributed by atoms with Crippen LogP contribution in [-0.4, -0.2) is 73.8 Å². The number of rotatable bonds is 7. The van der Waals surface area contributed by atoms with Crippen LogP contribution in [0.2, 0.25) is 0 Å². The molecule has 4 unspecified atom stereocenters. The van der Waals surface area contributed by atoms with Crippen molar-refractivity contribution in [1.29, 1.82) is 0 Å². The number of halogens is 1. The summed E-state index contributed by atoms with van der Waals surface area (Å²) in [5.41, 5.74) is -0.420. The summed E-state index contributed by atoms with van der Waals surface area (Å²) in [6, 6.07) is 0. The van der Waals surface area contributed by atoms with Crippen molar-refractivity contribution in [1.82, 2.24) is 20.4 Å². The molecule has 178 valence electrons. The van der Waals surface area contributed by atoms with Gasteiger partial charge in [-0.3, -0.25) is 24.3 Å². The largest absolute Gasteiger partial charge is 0.357 e. The molecule has 2 bridgehead atoms. The summed E-state index contributed by atoms with van der Waals surface area (Å²) < 4.78 is 0. The average Bonchev–Trinajstić information content (AvgIpc) is 3.52. The molecule has 1 saturated heterocycles. The third-order valence-electron chi connectivity index (χ3n) is 7.49. The lowest BCUT2D eigenvalue weighted by molar-refractivity contribution is -0.141. The number of guanidine groups is 1. The van der Waals surface area contributed by atoms with Gasteiger partial charge in [-0.25, -0.2) is 0 Å². The number of hydrogen-bond acceptors (Lipinski definition) is 4. The van der Waals surface area contributed by atoms with E-state index in [-0.39, 0.29) is 65.4 Å². The predicted molar refractivity (Wildman–Crippen MR) is 133 cm³/mol. The van der Waals surface area contributed by atoms with E-state index in [2.05, 4.69) is 22.8 Å². The van der Waals surface area contributed by atoms with Gasteiger partial charge in [-0.1, -0.05) is 25.0 Å². The van der Waals surface area contributed by atoms with Gasteiger partial charge < -0.3 is 15.5 Å². The summed E-state index contributed by atoms with van der Waals surface area (Å²) in [5.74, 6) is 0.913. The molecule has 2 saturated carbocycles. The molecule has 3 fully saturated rings. The van der Waals surface area contributed by atoms with Gasteiger partial charge in [0.1, 0.15) is 0 Å². The van der Waals surface area contributed by atoms with Crippen molar-refractivity contribution in [3.05, 3.63) is 12.2 Å². The van der Waals surface area contributed by atoms with Crippen molar-refractivity contribution in [3.63, 3.8) is 0 Å². The zero-order chi connectivity index (χ0) is 22.2. The summed E-state index contributed by atoms with van der Waals surface area (Å²) in [6.45, 7) is 3.92. The van der Waals surface area contributed by atoms with Gasteiger partial charge in [-0.2, -0.15) is 0 Å². The van der Waals surface area contributed by atoms with Gasteiger partial charge >= 0.3 is 0 Å². The lowest BCUT2D eigenvalue weighted by Crippen LogP contribution is -2.45. The second kappa shape index (κ2) is 10.1. The van der Waals surface area contributed by atoms with E-state index in [1.165, 1.54) is 4.90 Å². The van der Waals surface area contributed by atoms with Gasteiger partial charge in [0.25, 0.3) is 0 Å². The molecule has 1 aliphatic heterocycles. The Morgan fingerprint density at radius 2 is 1.72 bits per heavy atom. The van der Waals surface area contributed by atoms with Crippen molar-refractivity contribution in [2.45, 2.75) is 39.0 Å². The van der Waals surface area contributed by atoms with E-state index >= 15 is 0 Å². The second-order valence-corrected chi connectivity index (χ2v) is 9.64. The Morgan fingerprint density at radius 1 is 1.12 bits per heavy atom. The summed E-state index contributed by atoms with van der Waals surface area (Å²) in [4.78, 5) is 46.3. The smallest absolute Gasteiger partial charge is 0.233 e. The molecule has 1 heterocycles. The molecule has 9 heteroatoms. The topological polar surface area (TPSA) is 94.1 Å². The highest BCUT2D eigenvalue weighted by Crippen LogP contribution is 2.52. The van der Waals surface area contributed by atoms with Crippen LogP contribution in [-0.2, 0) is 14.4 Å². The van der Waals surface area contributed by atoms with E-state index in [0.717, 1.165) is 32.1 Å². The number of nitrogens with zero attached hydrogens (tertiary/aromatic N) is 3. The van der Waals surface area contributed by atoms with Crippen LogP contribution in [0, 0.1) is 29.1 Å². The molecule has 3 amide bonds. The Bertz CT molecular complexity index is 775. The molecular formula is C23H36IN5O3. The van der Waals surface area contributed by atoms with Crippen LogP contribution in [0.5, 0.6) is 0 Å². The van der Waals surface area contributed by atoms with Crippen molar-refractivity contribution < 1.29 is 14.4 Å². The fourth-order valence-electron chi connectivity index (χ4n) is 6.01. The highest BCUT2D eigenvalue weighted by molar-refractivity contribution is 14.0. The Labute approximate surface area is 207 Å². The first-order valence-electron chi connectivity index (χ1n) is 11.7. The van der Waals surface area contributed by atoms with Gasteiger partial charge in [0.2, 0.25) is 17.7 Å². The van der Waals surface area contributed by atoms with Crippen LogP contribution in [0.3, 0.4) is 0 Å². The van der Waals surface area contributed by atoms with E-state index in [9.17, 15) is 14.4 Å². The van der Waals surface area contributed by atoms with E-state index in [1.54, 1.807) is 19.0 Å². The zero-order valence-electron chi connectivity index (χ0n) is 19.3. The SMILES string of the molecule is CCNC(=NCC1(C(=O)N(C)C)CCCC1)NCCN1C(=O)C2C3C=CC(C3)C2C1=O.I. The molecule has 0 radical (unpaired) electrons. The summed E-state index contributed by atoms with van der Waals surface area (Å²) >= 11 is 0. The molecule has 2 N–H and O–H groups in total. The predicted octanol–water partition coefficient (Wildman–Crippen LogP) is 1.62. The van der Waals surface area contributed by atoms with Crippen LogP contribution in [0.4, 0.5) is 0 Å². The summed E-state index contributed by atoms with van der Waals surface area (Å²) in [6.07, 6.45) is 9.01. The highest BCUT2D eigenvalue weighted by Gasteiger charge is 2.58. The second-order valence-electron chi connectivity index (χ2n) is 9.64. The van der Waals surface area contributed by atoms with Gasteiger partial charge in [0, 0.05) is 33.7 Å². The Morgan fingerprint density at radius 3 is 2.25 bits per heavy atom. The highest BCUT2D eigenvalue weighted by atomic mass is 127. The summed E-state index contributed by atoms with van der Waals surface area (Å²) in [7, 11) is 3.60. The lowest BCUT2D eigenvalue weighted by atomic mass is 9.85. The number of hydrogen-bond donors (Lipinski definition) is 2. The van der Waals surface area contributed by atoms with Gasteiger partial charge in [-0.05, 0) is 38.0 Å². The molecule has 0 aromatic rings. The first kappa shape index (κ1) is 25.0. The fraction of sp³-hybridized carbons (Fsp3) is 0.739. The van der Waals surface area contributed by atoms with Crippen LogP contribution >= 0.6 is 24.0 Å². The molecule has 4 rings (SSSR count). The number of aliphatic imine (C=N–C) groups is 1. The molecule has 4 aliphatic rings. The molecule has 32 heavy (non-hydrogen) atoms. The third-order valence-corrected chi connectivity index (χ3v) is 7.49. The summed E-state index contributed by atoms with van der Waals surface area (Å²) in [5, 5.41) is 6.47. The van der Waals surface area contributed by atoms with E-state index < -0.39 is 5.41 Å². The van der Waals surface area contributed by atoms with Gasteiger partial charge in [-0.15, -0.1) is 24.0 Å². The minimum atomic E-state index is -0.420. The normalized spacial score (nSPS) is 29.8. The number of imide groups is 1. The van der Waals surface area contributed by atoms with Gasteiger partial charge in [0.05, 0.1) is 23.8 Å². The van der Waals surface area contributed by atoms with Crippen LogP contribution in [0.15, 0.2) is 17.1 Å². The monoisotopic (exact) mass is 557 g/mol. The number of likely N-dealkylation sites (tertiary alicyclic amines) is 1. The molecule has 0 aromatic heterocycles. The van der Waals surface area contributed by atoms with Crippen LogP contribution in [0.1, 0.15) is 39.0 Å². The number of allylic oxidation sites excluding steroid dienone is 2. The van der Waals surface area contributed by atoms with E-state index in [1.807, 2.05) is 6.92 Å². The zero-order valence-corrected chi connectivity index (χ0v) is 21.6. The van der Waals surface area contributed by atoms with Crippen molar-refractivity contribution in [2.75, 3.05) is 40.3 Å². The minimum Gasteiger partial charge on any atom is -0.357 e. The standard InChI is InChI=1S/C23H35N5O3.HI/c1-4-24-22(26-14-23(9-5-6-10-23)21(31)27(2)3)25-11-12-28-19(29)17-15-7-8-16(13-15)18(17)20(28)30;/h7-8,15-18H,4-6,9-14H2,1-3H3,(H2,24,25,26);1H. The number of carbonyl (C=O) groups excluding carboxylic acids is 3. The van der Waals surface area contributed by atoms with Crippen molar-refractivity contribution >= 4 is 47.7 Å². The fourth-order valence-corrected chi connectivity index (χ4v) is 6.01. The molecule has 4 atom stereocenters. The van der Waals surface area contributed by atoms with E-state index in [4.69, 9.17) is 4.99 Å². The van der Waals surface area contributed by atoms with Gasteiger partial charge in [0.15, 0.2) is 5.96 Å². The van der Waals surface area contributed by atoms with Crippen LogP contribution < -0.4 is 10.6 Å². The first-order valence-corrected chi connectivity index (χ1v) is 11.7. The minimum absolute atomic E-state index is 0. The Hall–Kier alpha value is -1.65. The van der Waals surface area contributed by atoms with Crippen LogP contribution in [0.25, 0.3) is 0 Å². The average molecular weight is 557 g/mol. The maximum Gasteiger partial charge on any atom is 0.233 e. The van der Waals surface area contributed by atoms with Crippen molar-refractivity contribution in [3.8, 4) is 0 Å².